The molecule has 122 valence electrons. The molecule has 1 aromatic carbocycles. The van der Waals surface area contributed by atoms with Crippen LogP contribution >= 0.6 is 0 Å². The average molecular weight is 306 g/mol. The fourth-order valence-electron chi connectivity index (χ4n) is 2.80. The number of carbonyl (C=O) groups is 1. The number of amides is 1. The summed E-state index contributed by atoms with van der Waals surface area (Å²) in [6, 6.07) is 10.2. The van der Waals surface area contributed by atoms with Crippen molar-refractivity contribution in [1.29, 1.82) is 0 Å². The van der Waals surface area contributed by atoms with Gasteiger partial charge in [-0.15, -0.1) is 0 Å². The topological polar surface area (TPSA) is 61.8 Å². The fourth-order valence-corrected chi connectivity index (χ4v) is 2.80. The number of likely N-dealkylation sites (tertiary alicyclic amines) is 1. The summed E-state index contributed by atoms with van der Waals surface area (Å²) in [7, 11) is 0. The lowest BCUT2D eigenvalue weighted by Gasteiger charge is -2.39. The van der Waals surface area contributed by atoms with Gasteiger partial charge >= 0.3 is 6.09 Å². The maximum Gasteiger partial charge on any atom is 0.407 e. The molecule has 0 bridgehead atoms. The van der Waals surface area contributed by atoms with Gasteiger partial charge in [-0.3, -0.25) is 4.90 Å². The molecule has 1 amide bonds. The zero-order chi connectivity index (χ0) is 16.1. The van der Waals surface area contributed by atoms with Gasteiger partial charge in [-0.2, -0.15) is 0 Å². The fraction of sp³-hybridized carbons (Fsp3) is 0.588. The Bertz CT molecular complexity index is 478. The molecule has 0 aromatic heterocycles. The number of ether oxygens (including phenoxy) is 1. The number of nitrogens with one attached hydrogen (secondary N) is 1. The highest BCUT2D eigenvalue weighted by atomic mass is 16.6. The van der Waals surface area contributed by atoms with Gasteiger partial charge in [0, 0.05) is 19.1 Å². The number of aliphatic hydroxyl groups is 1. The van der Waals surface area contributed by atoms with Crippen LogP contribution in [0.1, 0.15) is 38.8 Å². The molecule has 0 radical (unpaired) electrons. The van der Waals surface area contributed by atoms with E-state index in [2.05, 4.69) is 29.3 Å². The first-order valence-corrected chi connectivity index (χ1v) is 7.91. The molecule has 3 atom stereocenters. The van der Waals surface area contributed by atoms with Crippen LogP contribution in [0, 0.1) is 0 Å². The molecule has 5 heteroatoms. The van der Waals surface area contributed by atoms with Gasteiger partial charge in [0.15, 0.2) is 0 Å². The Hall–Kier alpha value is -1.59. The van der Waals surface area contributed by atoms with Crippen LogP contribution in [0.3, 0.4) is 0 Å². The summed E-state index contributed by atoms with van der Waals surface area (Å²) in [5.41, 5.74) is 1.24. The van der Waals surface area contributed by atoms with Gasteiger partial charge in [-0.1, -0.05) is 30.3 Å². The number of carbonyl (C=O) groups excluding carboxylic acids is 1. The zero-order valence-electron chi connectivity index (χ0n) is 13.5. The first-order valence-electron chi connectivity index (χ1n) is 7.91. The average Bonchev–Trinajstić information content (AvgIpc) is 2.49. The highest BCUT2D eigenvalue weighted by Crippen LogP contribution is 2.24. The van der Waals surface area contributed by atoms with Gasteiger partial charge in [0.25, 0.3) is 0 Å². The summed E-state index contributed by atoms with van der Waals surface area (Å²) >= 11 is 0. The molecule has 1 aliphatic heterocycles. The summed E-state index contributed by atoms with van der Waals surface area (Å²) < 4.78 is 5.10. The van der Waals surface area contributed by atoms with E-state index < -0.39 is 12.2 Å². The summed E-state index contributed by atoms with van der Waals surface area (Å²) in [5, 5.41) is 12.9. The normalized spacial score (nSPS) is 24.0. The molecule has 1 aromatic rings. The van der Waals surface area contributed by atoms with Crippen LogP contribution in [0.15, 0.2) is 30.3 Å². The molecule has 22 heavy (non-hydrogen) atoms. The van der Waals surface area contributed by atoms with Crippen molar-refractivity contribution in [3.05, 3.63) is 35.9 Å². The minimum Gasteiger partial charge on any atom is -0.447 e. The SMILES string of the molecule is CC(C)OC(=O)N[C@@H]1CN(C(C)c2ccccc2)CC[C@H]1O. The van der Waals surface area contributed by atoms with E-state index in [9.17, 15) is 9.90 Å². The third-order valence-electron chi connectivity index (χ3n) is 4.08. The van der Waals surface area contributed by atoms with Crippen LogP contribution in [0.4, 0.5) is 4.79 Å². The minimum absolute atomic E-state index is 0.167. The first kappa shape index (κ1) is 16.8. The standard InChI is InChI=1S/C17H26N2O3/c1-12(2)22-17(21)18-15-11-19(10-9-16(15)20)13(3)14-7-5-4-6-8-14/h4-8,12-13,15-16,20H,9-11H2,1-3H3,(H,18,21)/t13?,15-,16-/m1/s1. The summed E-state index contributed by atoms with van der Waals surface area (Å²) in [5.74, 6) is 0. The molecule has 2 N–H and O–H groups in total. The molecule has 1 saturated heterocycles. The van der Waals surface area contributed by atoms with Crippen LogP contribution in [0.25, 0.3) is 0 Å². The Labute approximate surface area is 132 Å². The lowest BCUT2D eigenvalue weighted by atomic mass is 9.98. The predicted molar refractivity (Wildman–Crippen MR) is 85.6 cm³/mol. The number of alkyl carbamates (subject to hydrolysis) is 1. The Balaban J connectivity index is 1.97. The summed E-state index contributed by atoms with van der Waals surface area (Å²) in [6.45, 7) is 7.19. The third kappa shape index (κ3) is 4.45. The van der Waals surface area contributed by atoms with Crippen molar-refractivity contribution in [2.45, 2.75) is 51.5 Å². The first-order chi connectivity index (χ1) is 10.5. The van der Waals surface area contributed by atoms with Gasteiger partial charge in [-0.05, 0) is 32.8 Å². The van der Waals surface area contributed by atoms with Crippen LogP contribution in [-0.2, 0) is 4.74 Å². The van der Waals surface area contributed by atoms with E-state index in [1.54, 1.807) is 13.8 Å². The van der Waals surface area contributed by atoms with E-state index >= 15 is 0 Å². The van der Waals surface area contributed by atoms with Gasteiger partial charge in [0.1, 0.15) is 0 Å². The second-order valence-electron chi connectivity index (χ2n) is 6.14. The van der Waals surface area contributed by atoms with E-state index in [1.165, 1.54) is 5.56 Å². The molecule has 1 fully saturated rings. The monoisotopic (exact) mass is 306 g/mol. The molecule has 1 heterocycles. The summed E-state index contributed by atoms with van der Waals surface area (Å²) in [4.78, 5) is 14.0. The molecule has 1 unspecified atom stereocenters. The van der Waals surface area contributed by atoms with Crippen LogP contribution in [0.5, 0.6) is 0 Å². The van der Waals surface area contributed by atoms with E-state index in [-0.39, 0.29) is 18.2 Å². The molecule has 1 aliphatic rings. The number of benzene rings is 1. The molecule has 0 aliphatic carbocycles. The number of nitrogens with zero attached hydrogens (tertiary/aromatic N) is 1. The Morgan fingerprint density at radius 1 is 1.32 bits per heavy atom. The third-order valence-corrected chi connectivity index (χ3v) is 4.08. The van der Waals surface area contributed by atoms with Gasteiger partial charge in [0.2, 0.25) is 0 Å². The number of hydrogen-bond donors (Lipinski definition) is 2. The smallest absolute Gasteiger partial charge is 0.407 e. The lowest BCUT2D eigenvalue weighted by Crippen LogP contribution is -2.55. The number of piperidine rings is 1. The highest BCUT2D eigenvalue weighted by molar-refractivity contribution is 5.67. The van der Waals surface area contributed by atoms with Crippen molar-refractivity contribution in [3.8, 4) is 0 Å². The number of aliphatic hydroxyl groups excluding tert-OH is 1. The van der Waals surface area contributed by atoms with Crippen LogP contribution in [0.2, 0.25) is 0 Å². The highest BCUT2D eigenvalue weighted by Gasteiger charge is 2.31. The second kappa shape index (κ2) is 7.61. The second-order valence-corrected chi connectivity index (χ2v) is 6.14. The van der Waals surface area contributed by atoms with Crippen molar-refractivity contribution < 1.29 is 14.6 Å². The van der Waals surface area contributed by atoms with Crippen molar-refractivity contribution >= 4 is 6.09 Å². The van der Waals surface area contributed by atoms with Crippen molar-refractivity contribution in [2.24, 2.45) is 0 Å². The molecule has 5 nitrogen and oxygen atoms in total. The minimum atomic E-state index is -0.529. The Morgan fingerprint density at radius 2 is 2.00 bits per heavy atom. The maximum absolute atomic E-state index is 11.8. The Morgan fingerprint density at radius 3 is 2.64 bits per heavy atom. The number of hydrogen-bond acceptors (Lipinski definition) is 4. The zero-order valence-corrected chi connectivity index (χ0v) is 13.5. The quantitative estimate of drug-likeness (QED) is 0.896. The largest absolute Gasteiger partial charge is 0.447 e. The maximum atomic E-state index is 11.8. The van der Waals surface area contributed by atoms with E-state index in [4.69, 9.17) is 4.74 Å². The van der Waals surface area contributed by atoms with E-state index in [0.29, 0.717) is 13.0 Å². The molecular formula is C17H26N2O3. The molecule has 0 saturated carbocycles. The molecule has 0 spiro atoms. The van der Waals surface area contributed by atoms with Crippen LogP contribution < -0.4 is 5.32 Å². The van der Waals surface area contributed by atoms with E-state index in [1.807, 2.05) is 18.2 Å². The van der Waals surface area contributed by atoms with E-state index in [0.717, 1.165) is 6.54 Å². The van der Waals surface area contributed by atoms with Gasteiger partial charge in [0.05, 0.1) is 18.2 Å². The Kier molecular flexibility index (Phi) is 5.80. The molecular weight excluding hydrogens is 280 g/mol. The van der Waals surface area contributed by atoms with Crippen molar-refractivity contribution in [1.82, 2.24) is 10.2 Å². The molecule has 2 rings (SSSR count). The summed E-state index contributed by atoms with van der Waals surface area (Å²) in [6.07, 6.45) is -0.517. The lowest BCUT2D eigenvalue weighted by molar-refractivity contribution is 0.0269. The van der Waals surface area contributed by atoms with Crippen LogP contribution in [-0.4, -0.2) is 47.4 Å². The predicted octanol–water partition coefficient (Wildman–Crippen LogP) is 2.32. The van der Waals surface area contributed by atoms with Crippen molar-refractivity contribution in [2.75, 3.05) is 13.1 Å². The van der Waals surface area contributed by atoms with Gasteiger partial charge in [-0.25, -0.2) is 4.79 Å². The van der Waals surface area contributed by atoms with Crippen molar-refractivity contribution in [3.63, 3.8) is 0 Å². The number of rotatable bonds is 4. The van der Waals surface area contributed by atoms with Gasteiger partial charge < -0.3 is 15.2 Å².